The van der Waals surface area contributed by atoms with Gasteiger partial charge in [-0.1, -0.05) is 12.2 Å². The van der Waals surface area contributed by atoms with E-state index < -0.39 is 0 Å². The van der Waals surface area contributed by atoms with Crippen molar-refractivity contribution in [3.63, 3.8) is 0 Å². The predicted molar refractivity (Wildman–Crippen MR) is 44.6 cm³/mol. The maximum Gasteiger partial charge on any atom is 0.0123 e. The zero-order valence-electron chi connectivity index (χ0n) is 6.40. The van der Waals surface area contributed by atoms with Crippen molar-refractivity contribution >= 4 is 0 Å². The molecule has 1 aliphatic carbocycles. The Labute approximate surface area is 63.3 Å². The Morgan fingerprint density at radius 2 is 1.60 bits per heavy atom. The van der Waals surface area contributed by atoms with Gasteiger partial charge in [-0.25, -0.2) is 0 Å². The molecule has 0 fully saturated rings. The average molecular weight is 134 g/mol. The molecule has 0 radical (unpaired) electrons. The lowest BCUT2D eigenvalue weighted by Gasteiger charge is -1.93. The third-order valence-corrected chi connectivity index (χ3v) is 1.65. The summed E-state index contributed by atoms with van der Waals surface area (Å²) in [5, 5.41) is 0. The summed E-state index contributed by atoms with van der Waals surface area (Å²) in [6.07, 6.45) is 11.7. The van der Waals surface area contributed by atoms with Gasteiger partial charge >= 0.3 is 0 Å². The van der Waals surface area contributed by atoms with Crippen molar-refractivity contribution in [2.75, 3.05) is 0 Å². The molecule has 0 spiro atoms. The molecule has 0 aromatic carbocycles. The third-order valence-electron chi connectivity index (χ3n) is 1.65. The fraction of sp³-hybridized carbons (Fsp3) is 0.600. The monoisotopic (exact) mass is 134 g/mol. The largest absolute Gasteiger partial charge is 0.103 e. The summed E-state index contributed by atoms with van der Waals surface area (Å²) in [5.74, 6) is 6.32. The lowest BCUT2D eigenvalue weighted by atomic mass is 10.1. The zero-order valence-corrected chi connectivity index (χ0v) is 6.40. The predicted octanol–water partition coefficient (Wildman–Crippen LogP) is 2.90. The molecule has 0 amide bonds. The molecule has 10 heavy (non-hydrogen) atoms. The third kappa shape index (κ3) is 3.35. The highest BCUT2D eigenvalue weighted by Crippen LogP contribution is 2.02. The van der Waals surface area contributed by atoms with Crippen LogP contribution in [-0.4, -0.2) is 0 Å². The van der Waals surface area contributed by atoms with E-state index in [1.54, 1.807) is 0 Å². The van der Waals surface area contributed by atoms with Crippen LogP contribution in [0, 0.1) is 11.8 Å². The SMILES string of the molecule is C1#CCCCCC=CCC1. The van der Waals surface area contributed by atoms with Crippen LogP contribution in [0.4, 0.5) is 0 Å². The van der Waals surface area contributed by atoms with E-state index in [1.165, 1.54) is 19.3 Å². The molecule has 0 aromatic heterocycles. The Hall–Kier alpha value is -0.700. The Morgan fingerprint density at radius 3 is 2.60 bits per heavy atom. The van der Waals surface area contributed by atoms with Gasteiger partial charge in [0.15, 0.2) is 0 Å². The fourth-order valence-corrected chi connectivity index (χ4v) is 1.04. The molecule has 0 atom stereocenters. The zero-order chi connectivity index (χ0) is 7.07. The molecule has 0 bridgehead atoms. The summed E-state index contributed by atoms with van der Waals surface area (Å²) < 4.78 is 0. The van der Waals surface area contributed by atoms with Crippen LogP contribution >= 0.6 is 0 Å². The van der Waals surface area contributed by atoms with E-state index >= 15 is 0 Å². The van der Waals surface area contributed by atoms with E-state index in [1.807, 2.05) is 0 Å². The van der Waals surface area contributed by atoms with E-state index in [0.717, 1.165) is 19.3 Å². The number of allylic oxidation sites excluding steroid dienone is 2. The van der Waals surface area contributed by atoms with Crippen LogP contribution in [0.1, 0.15) is 38.5 Å². The second-order valence-electron chi connectivity index (χ2n) is 2.61. The molecule has 0 aliphatic heterocycles. The van der Waals surface area contributed by atoms with Gasteiger partial charge < -0.3 is 0 Å². The Bertz CT molecular complexity index is 155. The minimum absolute atomic E-state index is 1.05. The van der Waals surface area contributed by atoms with Crippen molar-refractivity contribution in [2.45, 2.75) is 38.5 Å². The quantitative estimate of drug-likeness (QED) is 0.353. The van der Waals surface area contributed by atoms with E-state index in [0.29, 0.717) is 0 Å². The lowest BCUT2D eigenvalue weighted by Crippen LogP contribution is -1.76. The minimum Gasteiger partial charge on any atom is -0.103 e. The highest BCUT2D eigenvalue weighted by atomic mass is 13.9. The molecule has 0 heteroatoms. The van der Waals surface area contributed by atoms with Gasteiger partial charge in [0.2, 0.25) is 0 Å². The van der Waals surface area contributed by atoms with Gasteiger partial charge in [0.1, 0.15) is 0 Å². The number of hydrogen-bond acceptors (Lipinski definition) is 0. The van der Waals surface area contributed by atoms with E-state index in [-0.39, 0.29) is 0 Å². The van der Waals surface area contributed by atoms with Crippen molar-refractivity contribution < 1.29 is 0 Å². The van der Waals surface area contributed by atoms with Crippen molar-refractivity contribution in [1.29, 1.82) is 0 Å². The van der Waals surface area contributed by atoms with Crippen LogP contribution < -0.4 is 0 Å². The van der Waals surface area contributed by atoms with E-state index in [2.05, 4.69) is 24.0 Å². The highest BCUT2D eigenvalue weighted by Gasteiger charge is 1.85. The van der Waals surface area contributed by atoms with E-state index in [9.17, 15) is 0 Å². The summed E-state index contributed by atoms with van der Waals surface area (Å²) in [5.41, 5.74) is 0. The van der Waals surface area contributed by atoms with Crippen LogP contribution in [0.15, 0.2) is 12.2 Å². The van der Waals surface area contributed by atoms with Gasteiger partial charge in [-0.15, -0.1) is 11.8 Å². The standard InChI is InChI=1S/C10H14/c1-2-4-6-8-10-9-7-5-3-1/h1-2H,3-7,9H2. The van der Waals surface area contributed by atoms with Gasteiger partial charge in [-0.3, -0.25) is 0 Å². The van der Waals surface area contributed by atoms with Crippen LogP contribution in [-0.2, 0) is 0 Å². The molecule has 0 heterocycles. The molecule has 0 saturated heterocycles. The first kappa shape index (κ1) is 7.41. The highest BCUT2D eigenvalue weighted by molar-refractivity contribution is 5.01. The average Bonchev–Trinajstić information content (AvgIpc) is 2.01. The van der Waals surface area contributed by atoms with Crippen LogP contribution in [0.3, 0.4) is 0 Å². The minimum atomic E-state index is 1.05. The van der Waals surface area contributed by atoms with Gasteiger partial charge in [-0.2, -0.15) is 0 Å². The summed E-state index contributed by atoms with van der Waals surface area (Å²) in [6, 6.07) is 0. The molecule has 54 valence electrons. The Kier molecular flexibility index (Phi) is 3.79. The van der Waals surface area contributed by atoms with Gasteiger partial charge in [-0.05, 0) is 25.7 Å². The first-order chi connectivity index (χ1) is 5.00. The van der Waals surface area contributed by atoms with Crippen molar-refractivity contribution in [2.24, 2.45) is 0 Å². The second kappa shape index (κ2) is 5.11. The smallest absolute Gasteiger partial charge is 0.0123 e. The van der Waals surface area contributed by atoms with Crippen molar-refractivity contribution in [3.8, 4) is 11.8 Å². The lowest BCUT2D eigenvalue weighted by molar-refractivity contribution is 0.767. The van der Waals surface area contributed by atoms with Crippen molar-refractivity contribution in [1.82, 2.24) is 0 Å². The molecule has 1 rings (SSSR count). The number of hydrogen-bond donors (Lipinski definition) is 0. The molecule has 0 unspecified atom stereocenters. The molecule has 0 nitrogen and oxygen atoms in total. The summed E-state index contributed by atoms with van der Waals surface area (Å²) in [6.45, 7) is 0. The molecular weight excluding hydrogens is 120 g/mol. The van der Waals surface area contributed by atoms with Gasteiger partial charge in [0, 0.05) is 12.8 Å². The maximum atomic E-state index is 3.17. The van der Waals surface area contributed by atoms with Crippen LogP contribution in [0.2, 0.25) is 0 Å². The molecule has 0 N–H and O–H groups in total. The number of rotatable bonds is 0. The summed E-state index contributed by atoms with van der Waals surface area (Å²) >= 11 is 0. The fourth-order valence-electron chi connectivity index (χ4n) is 1.04. The molecule has 0 saturated carbocycles. The second-order valence-corrected chi connectivity index (χ2v) is 2.61. The van der Waals surface area contributed by atoms with Crippen molar-refractivity contribution in [3.05, 3.63) is 12.2 Å². The van der Waals surface area contributed by atoms with Crippen LogP contribution in [0.5, 0.6) is 0 Å². The molecule has 1 aliphatic rings. The van der Waals surface area contributed by atoms with Gasteiger partial charge in [0.05, 0.1) is 0 Å². The molecule has 0 aromatic rings. The Morgan fingerprint density at radius 1 is 0.800 bits per heavy atom. The van der Waals surface area contributed by atoms with Crippen LogP contribution in [0.25, 0.3) is 0 Å². The summed E-state index contributed by atoms with van der Waals surface area (Å²) in [7, 11) is 0. The van der Waals surface area contributed by atoms with E-state index in [4.69, 9.17) is 0 Å². The first-order valence-corrected chi connectivity index (χ1v) is 4.11. The van der Waals surface area contributed by atoms with Gasteiger partial charge in [0.25, 0.3) is 0 Å². The summed E-state index contributed by atoms with van der Waals surface area (Å²) in [4.78, 5) is 0. The maximum absolute atomic E-state index is 3.17. The topological polar surface area (TPSA) is 0 Å². The normalized spacial score (nSPS) is 19.2. The molecular formula is C10H14. The Balaban J connectivity index is 2.28. The first-order valence-electron chi connectivity index (χ1n) is 4.11.